The summed E-state index contributed by atoms with van der Waals surface area (Å²) in [6.07, 6.45) is 0. The third kappa shape index (κ3) is 3.88. The Balaban J connectivity index is 1.83. The summed E-state index contributed by atoms with van der Waals surface area (Å²) in [6, 6.07) is 30.5. The number of ether oxygens (including phenoxy) is 1. The van der Waals surface area contributed by atoms with E-state index in [0.29, 0.717) is 0 Å². The fourth-order valence-electron chi connectivity index (χ4n) is 4.16. The van der Waals surface area contributed by atoms with E-state index in [9.17, 15) is 5.11 Å². The second-order valence-corrected chi connectivity index (χ2v) is 7.37. The van der Waals surface area contributed by atoms with Crippen LogP contribution in [0.15, 0.2) is 91.0 Å². The Morgan fingerprint density at radius 3 is 1.71 bits per heavy atom. The molecule has 3 heteroatoms. The lowest BCUT2D eigenvalue weighted by Crippen LogP contribution is -2.45. The van der Waals surface area contributed by atoms with E-state index in [1.54, 1.807) is 0 Å². The molecular formula is C25H27NO2. The largest absolute Gasteiger partial charge is 0.380 e. The quantitative estimate of drug-likeness (QED) is 0.708. The van der Waals surface area contributed by atoms with Gasteiger partial charge in [0.25, 0.3) is 0 Å². The molecule has 1 N–H and O–H groups in total. The molecule has 1 saturated heterocycles. The highest BCUT2D eigenvalue weighted by Crippen LogP contribution is 2.43. The molecule has 4 rings (SSSR count). The van der Waals surface area contributed by atoms with E-state index in [0.717, 1.165) is 49.5 Å². The van der Waals surface area contributed by atoms with Crippen LogP contribution < -0.4 is 0 Å². The smallest absolute Gasteiger partial charge is 0.123 e. The summed E-state index contributed by atoms with van der Waals surface area (Å²) >= 11 is 0. The van der Waals surface area contributed by atoms with Crippen molar-refractivity contribution >= 4 is 0 Å². The van der Waals surface area contributed by atoms with Gasteiger partial charge in [0.2, 0.25) is 0 Å². The monoisotopic (exact) mass is 373 g/mol. The average molecular weight is 373 g/mol. The minimum Gasteiger partial charge on any atom is -0.380 e. The third-order valence-corrected chi connectivity index (χ3v) is 5.68. The Kier molecular flexibility index (Phi) is 5.87. The fraction of sp³-hybridized carbons (Fsp3) is 0.280. The van der Waals surface area contributed by atoms with Gasteiger partial charge in [-0.25, -0.2) is 0 Å². The van der Waals surface area contributed by atoms with Gasteiger partial charge in [-0.3, -0.25) is 4.90 Å². The van der Waals surface area contributed by atoms with Gasteiger partial charge in [0.1, 0.15) is 5.60 Å². The van der Waals surface area contributed by atoms with Gasteiger partial charge in [0.05, 0.1) is 13.2 Å². The summed E-state index contributed by atoms with van der Waals surface area (Å²) in [4.78, 5) is 2.40. The first-order valence-electron chi connectivity index (χ1n) is 9.97. The molecule has 0 spiro atoms. The maximum Gasteiger partial charge on any atom is 0.123 e. The molecule has 3 nitrogen and oxygen atoms in total. The molecule has 0 aliphatic carbocycles. The van der Waals surface area contributed by atoms with Crippen LogP contribution in [0.3, 0.4) is 0 Å². The minimum absolute atomic E-state index is 0.100. The van der Waals surface area contributed by atoms with Gasteiger partial charge in [0.15, 0.2) is 0 Å². The van der Waals surface area contributed by atoms with Crippen LogP contribution in [0.2, 0.25) is 0 Å². The second kappa shape index (κ2) is 8.70. The number of nitrogens with zero attached hydrogens (tertiary/aromatic N) is 1. The first-order chi connectivity index (χ1) is 13.8. The summed E-state index contributed by atoms with van der Waals surface area (Å²) in [7, 11) is 0. The average Bonchev–Trinajstić information content (AvgIpc) is 2.79. The second-order valence-electron chi connectivity index (χ2n) is 7.37. The summed E-state index contributed by atoms with van der Waals surface area (Å²) < 4.78 is 5.54. The number of rotatable bonds is 6. The zero-order valence-corrected chi connectivity index (χ0v) is 16.1. The number of benzene rings is 3. The molecule has 0 amide bonds. The van der Waals surface area contributed by atoms with Crippen LogP contribution in [0.5, 0.6) is 0 Å². The van der Waals surface area contributed by atoms with E-state index in [2.05, 4.69) is 29.2 Å². The summed E-state index contributed by atoms with van der Waals surface area (Å²) in [6.45, 7) is 4.05. The van der Waals surface area contributed by atoms with Crippen LogP contribution in [0.25, 0.3) is 0 Å². The van der Waals surface area contributed by atoms with Crippen LogP contribution in [-0.4, -0.2) is 42.9 Å². The third-order valence-electron chi connectivity index (χ3n) is 5.68. The summed E-state index contributed by atoms with van der Waals surface area (Å²) in [5.41, 5.74) is 1.86. The van der Waals surface area contributed by atoms with Crippen molar-refractivity contribution in [3.63, 3.8) is 0 Å². The Morgan fingerprint density at radius 1 is 0.750 bits per heavy atom. The van der Waals surface area contributed by atoms with E-state index < -0.39 is 5.60 Å². The van der Waals surface area contributed by atoms with Crippen molar-refractivity contribution in [2.75, 3.05) is 32.8 Å². The molecule has 0 saturated carbocycles. The van der Waals surface area contributed by atoms with Crippen LogP contribution in [0.1, 0.15) is 22.6 Å². The van der Waals surface area contributed by atoms with Crippen molar-refractivity contribution < 1.29 is 9.84 Å². The molecule has 1 aliphatic heterocycles. The van der Waals surface area contributed by atoms with Crippen molar-refractivity contribution in [1.29, 1.82) is 0 Å². The standard InChI is InChI=1S/C25H27NO2/c27-25(22-12-6-2-7-13-22,23-14-8-3-9-15-23)24(21-10-4-1-5-11-21)20-26-16-18-28-19-17-26/h1-15,24,27H,16-20H2/t24-/m0/s1. The normalized spacial score (nSPS) is 16.6. The minimum atomic E-state index is -1.12. The van der Waals surface area contributed by atoms with E-state index >= 15 is 0 Å². The highest BCUT2D eigenvalue weighted by Gasteiger charge is 2.42. The Morgan fingerprint density at radius 2 is 1.21 bits per heavy atom. The lowest BCUT2D eigenvalue weighted by Gasteiger charge is -2.41. The van der Waals surface area contributed by atoms with Gasteiger partial charge in [-0.15, -0.1) is 0 Å². The number of hydrogen-bond acceptors (Lipinski definition) is 3. The molecule has 0 unspecified atom stereocenters. The van der Waals surface area contributed by atoms with E-state index in [-0.39, 0.29) is 5.92 Å². The van der Waals surface area contributed by atoms with Crippen LogP contribution in [0, 0.1) is 0 Å². The molecule has 3 aromatic carbocycles. The van der Waals surface area contributed by atoms with Gasteiger partial charge in [0, 0.05) is 25.6 Å². The molecule has 0 aromatic heterocycles. The molecule has 28 heavy (non-hydrogen) atoms. The zero-order valence-electron chi connectivity index (χ0n) is 16.1. The van der Waals surface area contributed by atoms with Gasteiger partial charge in [-0.05, 0) is 16.7 Å². The molecule has 1 fully saturated rings. The first-order valence-corrected chi connectivity index (χ1v) is 9.97. The fourth-order valence-corrected chi connectivity index (χ4v) is 4.16. The Hall–Kier alpha value is -2.46. The first kappa shape index (κ1) is 18.9. The van der Waals surface area contributed by atoms with E-state index in [1.807, 2.05) is 66.7 Å². The molecule has 1 heterocycles. The topological polar surface area (TPSA) is 32.7 Å². The maximum atomic E-state index is 12.3. The van der Waals surface area contributed by atoms with Gasteiger partial charge < -0.3 is 9.84 Å². The lowest BCUT2D eigenvalue weighted by atomic mass is 9.72. The number of hydrogen-bond donors (Lipinski definition) is 1. The SMILES string of the molecule is OC(c1ccccc1)(c1ccccc1)[C@@H](CN1CCOCC1)c1ccccc1. The zero-order chi connectivity index (χ0) is 19.2. The van der Waals surface area contributed by atoms with Crippen LogP contribution in [-0.2, 0) is 10.3 Å². The van der Waals surface area contributed by atoms with Crippen molar-refractivity contribution in [2.24, 2.45) is 0 Å². The Bertz CT molecular complexity index is 806. The van der Waals surface area contributed by atoms with Crippen molar-refractivity contribution in [3.05, 3.63) is 108 Å². The van der Waals surface area contributed by atoms with Gasteiger partial charge in [-0.2, -0.15) is 0 Å². The predicted octanol–water partition coefficient (Wildman–Crippen LogP) is 4.04. The molecule has 3 aromatic rings. The van der Waals surface area contributed by atoms with Gasteiger partial charge in [-0.1, -0.05) is 91.0 Å². The highest BCUT2D eigenvalue weighted by molar-refractivity contribution is 5.42. The summed E-state index contributed by atoms with van der Waals surface area (Å²) in [5.74, 6) is -0.100. The van der Waals surface area contributed by atoms with Crippen molar-refractivity contribution in [3.8, 4) is 0 Å². The number of morpholine rings is 1. The predicted molar refractivity (Wildman–Crippen MR) is 112 cm³/mol. The number of aliphatic hydroxyl groups is 1. The van der Waals surface area contributed by atoms with E-state index in [4.69, 9.17) is 4.74 Å². The lowest BCUT2D eigenvalue weighted by molar-refractivity contribution is 0.000768. The van der Waals surface area contributed by atoms with Crippen LogP contribution >= 0.6 is 0 Å². The van der Waals surface area contributed by atoms with E-state index in [1.165, 1.54) is 0 Å². The molecule has 0 radical (unpaired) electrons. The van der Waals surface area contributed by atoms with Crippen molar-refractivity contribution in [2.45, 2.75) is 11.5 Å². The van der Waals surface area contributed by atoms with Crippen molar-refractivity contribution in [1.82, 2.24) is 4.90 Å². The molecule has 1 atom stereocenters. The molecule has 144 valence electrons. The highest BCUT2D eigenvalue weighted by atomic mass is 16.5. The maximum absolute atomic E-state index is 12.3. The molecule has 0 bridgehead atoms. The Labute approximate surface area is 167 Å². The summed E-state index contributed by atoms with van der Waals surface area (Å²) in [5, 5.41) is 12.3. The van der Waals surface area contributed by atoms with Crippen LogP contribution in [0.4, 0.5) is 0 Å². The molecule has 1 aliphatic rings. The van der Waals surface area contributed by atoms with Gasteiger partial charge >= 0.3 is 0 Å². The molecular weight excluding hydrogens is 346 g/mol.